The summed E-state index contributed by atoms with van der Waals surface area (Å²) in [4.78, 5) is 25.3. The lowest BCUT2D eigenvalue weighted by molar-refractivity contribution is -0.274. The zero-order chi connectivity index (χ0) is 21.2. The Labute approximate surface area is 163 Å². The van der Waals surface area contributed by atoms with Gasteiger partial charge < -0.3 is 10.1 Å². The van der Waals surface area contributed by atoms with E-state index in [2.05, 4.69) is 15.2 Å². The predicted octanol–water partition coefficient (Wildman–Crippen LogP) is 3.81. The summed E-state index contributed by atoms with van der Waals surface area (Å²) in [5, 5.41) is 7.43. The highest BCUT2D eigenvalue weighted by Gasteiger charge is 2.32. The first-order chi connectivity index (χ1) is 13.7. The number of amides is 1. The molecule has 0 radical (unpaired) electrons. The topological polar surface area (TPSA) is 73.2 Å². The molecule has 1 N–H and O–H groups in total. The van der Waals surface area contributed by atoms with Gasteiger partial charge in [-0.1, -0.05) is 36.4 Å². The molecule has 0 aliphatic heterocycles. The Morgan fingerprint density at radius 3 is 2.38 bits per heavy atom. The number of rotatable bonds is 5. The van der Waals surface area contributed by atoms with Gasteiger partial charge in [0.25, 0.3) is 11.5 Å². The summed E-state index contributed by atoms with van der Waals surface area (Å²) < 4.78 is 42.9. The van der Waals surface area contributed by atoms with Crippen LogP contribution in [0.5, 0.6) is 5.75 Å². The molecule has 6 nitrogen and oxygen atoms in total. The largest absolute Gasteiger partial charge is 0.573 e. The van der Waals surface area contributed by atoms with E-state index in [1.165, 1.54) is 28.9 Å². The number of benzene rings is 2. The number of aromatic nitrogens is 2. The highest BCUT2D eigenvalue weighted by atomic mass is 19.4. The van der Waals surface area contributed by atoms with E-state index in [1.54, 1.807) is 38.1 Å². The zero-order valence-corrected chi connectivity index (χ0v) is 15.7. The number of hydrogen-bond acceptors (Lipinski definition) is 4. The number of fused-ring (bicyclic) bond motifs is 1. The van der Waals surface area contributed by atoms with Gasteiger partial charge in [-0.25, -0.2) is 4.68 Å². The van der Waals surface area contributed by atoms with Crippen LogP contribution in [-0.4, -0.2) is 22.1 Å². The van der Waals surface area contributed by atoms with Gasteiger partial charge in [-0.3, -0.25) is 9.59 Å². The van der Waals surface area contributed by atoms with Gasteiger partial charge in [0.2, 0.25) is 0 Å². The Hall–Kier alpha value is -3.36. The summed E-state index contributed by atoms with van der Waals surface area (Å²) in [7, 11) is 0. The van der Waals surface area contributed by atoms with E-state index in [-0.39, 0.29) is 29.4 Å². The second-order valence-corrected chi connectivity index (χ2v) is 6.58. The molecule has 0 fully saturated rings. The fourth-order valence-corrected chi connectivity index (χ4v) is 2.86. The number of nitrogens with zero attached hydrogens (tertiary/aromatic N) is 2. The van der Waals surface area contributed by atoms with E-state index >= 15 is 0 Å². The third-order valence-corrected chi connectivity index (χ3v) is 4.17. The Bertz CT molecular complexity index is 1110. The number of para-hydroxylation sites is 1. The van der Waals surface area contributed by atoms with Crippen molar-refractivity contribution in [3.8, 4) is 5.75 Å². The lowest BCUT2D eigenvalue weighted by Gasteiger charge is -2.15. The molecule has 0 aliphatic rings. The Balaban J connectivity index is 1.92. The van der Waals surface area contributed by atoms with Gasteiger partial charge in [0.1, 0.15) is 5.75 Å². The second kappa shape index (κ2) is 7.94. The van der Waals surface area contributed by atoms with Crippen molar-refractivity contribution in [1.82, 2.24) is 15.1 Å². The average molecular weight is 405 g/mol. The maximum absolute atomic E-state index is 12.8. The molecule has 1 heterocycles. The lowest BCUT2D eigenvalue weighted by Crippen LogP contribution is -2.31. The quantitative estimate of drug-likeness (QED) is 0.701. The highest BCUT2D eigenvalue weighted by Crippen LogP contribution is 2.26. The smallest absolute Gasteiger partial charge is 0.405 e. The van der Waals surface area contributed by atoms with Crippen molar-refractivity contribution in [3.05, 3.63) is 70.1 Å². The van der Waals surface area contributed by atoms with Crippen LogP contribution in [0.15, 0.2) is 53.3 Å². The van der Waals surface area contributed by atoms with Gasteiger partial charge in [-0.05, 0) is 26.0 Å². The molecule has 0 saturated heterocycles. The third-order valence-electron chi connectivity index (χ3n) is 4.17. The minimum atomic E-state index is -4.84. The summed E-state index contributed by atoms with van der Waals surface area (Å²) in [5.41, 5.74) is -0.154. The first-order valence-corrected chi connectivity index (χ1v) is 8.81. The van der Waals surface area contributed by atoms with Crippen LogP contribution >= 0.6 is 0 Å². The average Bonchev–Trinajstić information content (AvgIpc) is 2.66. The van der Waals surface area contributed by atoms with Crippen LogP contribution in [0.4, 0.5) is 13.2 Å². The minimum absolute atomic E-state index is 0.0168. The van der Waals surface area contributed by atoms with Crippen LogP contribution < -0.4 is 15.6 Å². The lowest BCUT2D eigenvalue weighted by atomic mass is 10.1. The molecule has 3 rings (SSSR count). The highest BCUT2D eigenvalue weighted by molar-refractivity contribution is 6.04. The van der Waals surface area contributed by atoms with Gasteiger partial charge in [0, 0.05) is 17.5 Å². The molecule has 0 aliphatic carbocycles. The number of carbonyl (C=O) groups is 1. The summed E-state index contributed by atoms with van der Waals surface area (Å²) in [6, 6.07) is 11.8. The summed E-state index contributed by atoms with van der Waals surface area (Å²) >= 11 is 0. The van der Waals surface area contributed by atoms with Crippen molar-refractivity contribution in [2.45, 2.75) is 32.8 Å². The van der Waals surface area contributed by atoms with Gasteiger partial charge in [0.05, 0.1) is 11.4 Å². The molecular weight excluding hydrogens is 387 g/mol. The van der Waals surface area contributed by atoms with Crippen molar-refractivity contribution >= 4 is 16.7 Å². The van der Waals surface area contributed by atoms with E-state index in [9.17, 15) is 22.8 Å². The van der Waals surface area contributed by atoms with E-state index in [0.29, 0.717) is 10.8 Å². The number of hydrogen-bond donors (Lipinski definition) is 1. The van der Waals surface area contributed by atoms with E-state index in [0.717, 1.165) is 0 Å². The summed E-state index contributed by atoms with van der Waals surface area (Å²) in [6.45, 7) is 3.31. The van der Waals surface area contributed by atoms with Crippen LogP contribution in [0.2, 0.25) is 0 Å². The van der Waals surface area contributed by atoms with Crippen LogP contribution in [-0.2, 0) is 6.54 Å². The SMILES string of the molecule is CC(C)n1nc(C(=O)NCc2ccccc2OC(F)(F)F)c2ccccc2c1=O. The van der Waals surface area contributed by atoms with Crippen LogP contribution in [0.25, 0.3) is 10.8 Å². The number of halogens is 3. The molecule has 152 valence electrons. The molecule has 0 bridgehead atoms. The molecule has 2 aromatic carbocycles. The molecule has 0 spiro atoms. The van der Waals surface area contributed by atoms with Crippen molar-refractivity contribution in [2.75, 3.05) is 0 Å². The second-order valence-electron chi connectivity index (χ2n) is 6.58. The molecule has 9 heteroatoms. The van der Waals surface area contributed by atoms with E-state index < -0.39 is 18.0 Å². The van der Waals surface area contributed by atoms with Crippen molar-refractivity contribution in [1.29, 1.82) is 0 Å². The van der Waals surface area contributed by atoms with Crippen molar-refractivity contribution < 1.29 is 22.7 Å². The van der Waals surface area contributed by atoms with Crippen molar-refractivity contribution in [3.63, 3.8) is 0 Å². The predicted molar refractivity (Wildman–Crippen MR) is 101 cm³/mol. The van der Waals surface area contributed by atoms with Gasteiger partial charge in [0.15, 0.2) is 5.69 Å². The summed E-state index contributed by atoms with van der Waals surface area (Å²) in [6.07, 6.45) is -4.84. The first-order valence-electron chi connectivity index (χ1n) is 8.81. The normalized spacial score (nSPS) is 11.7. The monoisotopic (exact) mass is 405 g/mol. The Kier molecular flexibility index (Phi) is 5.58. The molecule has 29 heavy (non-hydrogen) atoms. The van der Waals surface area contributed by atoms with Gasteiger partial charge in [-0.15, -0.1) is 13.2 Å². The Morgan fingerprint density at radius 2 is 1.72 bits per heavy atom. The van der Waals surface area contributed by atoms with Crippen LogP contribution in [0, 0.1) is 0 Å². The minimum Gasteiger partial charge on any atom is -0.405 e. The fourth-order valence-electron chi connectivity index (χ4n) is 2.86. The fraction of sp³-hybridized carbons (Fsp3) is 0.250. The van der Waals surface area contributed by atoms with Crippen LogP contribution in [0.3, 0.4) is 0 Å². The molecule has 0 saturated carbocycles. The maximum Gasteiger partial charge on any atom is 0.573 e. The Morgan fingerprint density at radius 1 is 1.10 bits per heavy atom. The maximum atomic E-state index is 12.8. The number of carbonyl (C=O) groups excluding carboxylic acids is 1. The van der Waals surface area contributed by atoms with Crippen LogP contribution in [0.1, 0.15) is 35.9 Å². The van der Waals surface area contributed by atoms with Gasteiger partial charge >= 0.3 is 6.36 Å². The molecular formula is C20H18F3N3O3. The van der Waals surface area contributed by atoms with Gasteiger partial charge in [-0.2, -0.15) is 5.10 Å². The van der Waals surface area contributed by atoms with E-state index in [1.807, 2.05) is 0 Å². The molecule has 1 aromatic heterocycles. The molecule has 3 aromatic rings. The number of nitrogens with one attached hydrogen (secondary N) is 1. The summed E-state index contributed by atoms with van der Waals surface area (Å²) in [5.74, 6) is -1.01. The third kappa shape index (κ3) is 4.56. The first kappa shape index (κ1) is 20.4. The molecule has 0 unspecified atom stereocenters. The standard InChI is InChI=1S/C20H18F3N3O3/c1-12(2)26-19(28)15-9-5-4-8-14(15)17(25-26)18(27)24-11-13-7-3-6-10-16(13)29-20(21,22)23/h3-10,12H,11H2,1-2H3,(H,24,27). The number of alkyl halides is 3. The van der Waals surface area contributed by atoms with Crippen molar-refractivity contribution in [2.24, 2.45) is 0 Å². The van der Waals surface area contributed by atoms with E-state index in [4.69, 9.17) is 0 Å². The zero-order valence-electron chi connectivity index (χ0n) is 15.7. The molecule has 0 atom stereocenters. The molecule has 1 amide bonds. The number of ether oxygens (including phenoxy) is 1.